The highest BCUT2D eigenvalue weighted by molar-refractivity contribution is 6.30. The second-order valence-electron chi connectivity index (χ2n) is 6.71. The van der Waals surface area contributed by atoms with E-state index in [2.05, 4.69) is 15.5 Å². The van der Waals surface area contributed by atoms with E-state index in [1.165, 1.54) is 0 Å². The van der Waals surface area contributed by atoms with Crippen LogP contribution in [-0.2, 0) is 22.4 Å². The summed E-state index contributed by atoms with van der Waals surface area (Å²) in [6.07, 6.45) is 2.90. The van der Waals surface area contributed by atoms with Crippen molar-refractivity contribution in [2.24, 2.45) is 5.41 Å². The van der Waals surface area contributed by atoms with Crippen molar-refractivity contribution < 1.29 is 14.7 Å². The van der Waals surface area contributed by atoms with Crippen molar-refractivity contribution in [2.45, 2.75) is 12.8 Å². The number of aromatic amines is 1. The summed E-state index contributed by atoms with van der Waals surface area (Å²) in [6, 6.07) is 9.28. The van der Waals surface area contributed by atoms with Crippen LogP contribution in [0.25, 0.3) is 0 Å². The van der Waals surface area contributed by atoms with Crippen LogP contribution in [0.4, 0.5) is 0 Å². The summed E-state index contributed by atoms with van der Waals surface area (Å²) in [5.74, 6) is -0.932. The van der Waals surface area contributed by atoms with Crippen LogP contribution in [0.15, 0.2) is 36.5 Å². The van der Waals surface area contributed by atoms with E-state index >= 15 is 0 Å². The fourth-order valence-corrected chi connectivity index (χ4v) is 3.49. The molecule has 0 atom stereocenters. The normalized spacial score (nSPS) is 16.0. The van der Waals surface area contributed by atoms with E-state index < -0.39 is 11.4 Å². The highest BCUT2D eigenvalue weighted by Crippen LogP contribution is 2.34. The maximum atomic E-state index is 12.8. The van der Waals surface area contributed by atoms with E-state index in [-0.39, 0.29) is 12.5 Å². The minimum atomic E-state index is -0.884. The molecular weight excluding hydrogens is 356 g/mol. The zero-order chi connectivity index (χ0) is 18.6. The van der Waals surface area contributed by atoms with Crippen molar-refractivity contribution in [3.63, 3.8) is 0 Å². The molecule has 0 aliphatic carbocycles. The summed E-state index contributed by atoms with van der Waals surface area (Å²) in [5, 5.41) is 19.3. The molecule has 3 rings (SSSR count). The molecule has 0 saturated carbocycles. The number of hydrogen-bond acceptors (Lipinski definition) is 4. The van der Waals surface area contributed by atoms with Gasteiger partial charge in [0, 0.05) is 43.0 Å². The predicted octanol–water partition coefficient (Wildman–Crippen LogP) is 1.35. The van der Waals surface area contributed by atoms with Gasteiger partial charge in [-0.2, -0.15) is 5.10 Å². The molecule has 1 aromatic heterocycles. The molecule has 0 bridgehead atoms. The first kappa shape index (κ1) is 18.4. The number of halogens is 1. The largest absolute Gasteiger partial charge is 0.480 e. The van der Waals surface area contributed by atoms with Gasteiger partial charge in [-0.15, -0.1) is 0 Å². The van der Waals surface area contributed by atoms with Crippen LogP contribution in [-0.4, -0.2) is 58.3 Å². The van der Waals surface area contributed by atoms with Gasteiger partial charge in [0.1, 0.15) is 0 Å². The van der Waals surface area contributed by atoms with E-state index in [1.807, 2.05) is 18.2 Å². The standard InChI is InChI=1S/C18H21ClN4O3/c19-14-3-1-13(2-4-14)9-18(11-23(12-18)10-16(24)25)17(26)20-7-5-15-6-8-21-22-15/h1-4,6,8H,5,7,9-12H2,(H,20,26)(H,21,22)(H,24,25). The fraction of sp³-hybridized carbons (Fsp3) is 0.389. The molecule has 0 radical (unpaired) electrons. The number of nitrogens with zero attached hydrogens (tertiary/aromatic N) is 2. The molecule has 7 nitrogen and oxygen atoms in total. The molecule has 3 N–H and O–H groups in total. The second kappa shape index (κ2) is 7.88. The lowest BCUT2D eigenvalue weighted by atomic mass is 9.73. The summed E-state index contributed by atoms with van der Waals surface area (Å²) >= 11 is 5.93. The Labute approximate surface area is 156 Å². The van der Waals surface area contributed by atoms with Crippen LogP contribution >= 0.6 is 11.6 Å². The lowest BCUT2D eigenvalue weighted by Crippen LogP contribution is -2.65. The van der Waals surface area contributed by atoms with Gasteiger partial charge >= 0.3 is 5.97 Å². The number of hydrogen-bond donors (Lipinski definition) is 3. The van der Waals surface area contributed by atoms with E-state index in [4.69, 9.17) is 16.7 Å². The number of rotatable bonds is 8. The van der Waals surface area contributed by atoms with Crippen LogP contribution in [0.1, 0.15) is 11.3 Å². The van der Waals surface area contributed by atoms with Crippen LogP contribution in [0, 0.1) is 5.41 Å². The first-order valence-electron chi connectivity index (χ1n) is 8.42. The van der Waals surface area contributed by atoms with Crippen molar-refractivity contribution in [1.29, 1.82) is 0 Å². The number of amides is 1. The molecule has 1 aliphatic rings. The summed E-state index contributed by atoms with van der Waals surface area (Å²) in [7, 11) is 0. The van der Waals surface area contributed by atoms with Crippen molar-refractivity contribution in [1.82, 2.24) is 20.4 Å². The Hall–Kier alpha value is -2.38. The van der Waals surface area contributed by atoms with Crippen molar-refractivity contribution in [3.8, 4) is 0 Å². The Morgan fingerprint density at radius 3 is 2.62 bits per heavy atom. The average Bonchev–Trinajstić information content (AvgIpc) is 3.07. The Morgan fingerprint density at radius 1 is 1.27 bits per heavy atom. The number of likely N-dealkylation sites (tertiary alicyclic amines) is 1. The maximum absolute atomic E-state index is 12.8. The Bertz CT molecular complexity index is 755. The highest BCUT2D eigenvalue weighted by atomic mass is 35.5. The van der Waals surface area contributed by atoms with E-state index in [0.29, 0.717) is 37.5 Å². The van der Waals surface area contributed by atoms with Gasteiger partial charge in [-0.25, -0.2) is 0 Å². The molecule has 8 heteroatoms. The van der Waals surface area contributed by atoms with Gasteiger partial charge in [0.25, 0.3) is 0 Å². The van der Waals surface area contributed by atoms with E-state index in [9.17, 15) is 9.59 Å². The second-order valence-corrected chi connectivity index (χ2v) is 7.15. The van der Waals surface area contributed by atoms with Crippen LogP contribution < -0.4 is 5.32 Å². The Morgan fingerprint density at radius 2 is 2.00 bits per heavy atom. The highest BCUT2D eigenvalue weighted by Gasteiger charge is 2.49. The van der Waals surface area contributed by atoms with Crippen LogP contribution in [0.3, 0.4) is 0 Å². The number of benzene rings is 1. The molecule has 1 aromatic carbocycles. The topological polar surface area (TPSA) is 98.3 Å². The zero-order valence-corrected chi connectivity index (χ0v) is 15.0. The van der Waals surface area contributed by atoms with Crippen molar-refractivity contribution in [3.05, 3.63) is 52.8 Å². The number of nitrogens with one attached hydrogen (secondary N) is 2. The molecule has 1 fully saturated rings. The Balaban J connectivity index is 1.63. The average molecular weight is 377 g/mol. The molecule has 0 unspecified atom stereocenters. The van der Waals surface area contributed by atoms with Gasteiger partial charge in [0.05, 0.1) is 12.0 Å². The molecule has 1 saturated heterocycles. The third-order valence-corrected chi connectivity index (χ3v) is 4.84. The van der Waals surface area contributed by atoms with Crippen LogP contribution in [0.2, 0.25) is 5.02 Å². The first-order chi connectivity index (χ1) is 12.5. The molecule has 138 valence electrons. The van der Waals surface area contributed by atoms with Gasteiger partial charge in [0.2, 0.25) is 5.91 Å². The van der Waals surface area contributed by atoms with E-state index in [1.54, 1.807) is 23.2 Å². The number of aromatic nitrogens is 2. The monoisotopic (exact) mass is 376 g/mol. The Kier molecular flexibility index (Phi) is 5.58. The predicted molar refractivity (Wildman–Crippen MR) is 97.0 cm³/mol. The number of carbonyl (C=O) groups is 2. The number of aliphatic carboxylic acids is 1. The third kappa shape index (κ3) is 4.42. The number of carbonyl (C=O) groups excluding carboxylic acids is 1. The molecular formula is C18H21ClN4O3. The summed E-state index contributed by atoms with van der Waals surface area (Å²) < 4.78 is 0. The summed E-state index contributed by atoms with van der Waals surface area (Å²) in [5.41, 5.74) is 1.35. The number of carboxylic acid groups (broad SMARTS) is 1. The minimum Gasteiger partial charge on any atom is -0.480 e. The summed E-state index contributed by atoms with van der Waals surface area (Å²) in [4.78, 5) is 25.5. The van der Waals surface area contributed by atoms with Crippen LogP contribution in [0.5, 0.6) is 0 Å². The maximum Gasteiger partial charge on any atom is 0.317 e. The number of carboxylic acids is 1. The molecule has 1 aliphatic heterocycles. The van der Waals surface area contributed by atoms with Crippen molar-refractivity contribution >= 4 is 23.5 Å². The zero-order valence-electron chi connectivity index (χ0n) is 14.2. The minimum absolute atomic E-state index is 0.0476. The SMILES string of the molecule is O=C(O)CN1CC(Cc2ccc(Cl)cc2)(C(=O)NCCc2ccn[nH]2)C1. The van der Waals surface area contributed by atoms with E-state index in [0.717, 1.165) is 11.3 Å². The molecule has 2 heterocycles. The molecule has 2 aromatic rings. The lowest BCUT2D eigenvalue weighted by molar-refractivity contribution is -0.150. The van der Waals surface area contributed by atoms with Gasteiger partial charge in [-0.1, -0.05) is 23.7 Å². The lowest BCUT2D eigenvalue weighted by Gasteiger charge is -2.48. The molecule has 26 heavy (non-hydrogen) atoms. The summed E-state index contributed by atoms with van der Waals surface area (Å²) in [6.45, 7) is 1.31. The first-order valence-corrected chi connectivity index (χ1v) is 8.80. The smallest absolute Gasteiger partial charge is 0.317 e. The quantitative estimate of drug-likeness (QED) is 0.646. The van der Waals surface area contributed by atoms with Gasteiger partial charge < -0.3 is 10.4 Å². The van der Waals surface area contributed by atoms with Gasteiger partial charge in [-0.3, -0.25) is 19.6 Å². The fourth-order valence-electron chi connectivity index (χ4n) is 3.36. The third-order valence-electron chi connectivity index (χ3n) is 4.59. The van der Waals surface area contributed by atoms with Gasteiger partial charge in [-0.05, 0) is 30.2 Å². The van der Waals surface area contributed by atoms with Crippen molar-refractivity contribution in [2.75, 3.05) is 26.2 Å². The molecule has 0 spiro atoms. The molecule has 1 amide bonds. The van der Waals surface area contributed by atoms with Gasteiger partial charge in [0.15, 0.2) is 0 Å². The number of H-pyrrole nitrogens is 1.